The van der Waals surface area contributed by atoms with Crippen molar-refractivity contribution in [3.05, 3.63) is 35.4 Å². The molecule has 0 aliphatic rings. The van der Waals surface area contributed by atoms with E-state index in [0.29, 0.717) is 11.1 Å². The Morgan fingerprint density at radius 1 is 1.40 bits per heavy atom. The van der Waals surface area contributed by atoms with Gasteiger partial charge in [0.1, 0.15) is 0 Å². The lowest BCUT2D eigenvalue weighted by atomic mass is 9.86. The molecule has 0 saturated carbocycles. The Hall–Kier alpha value is -1.90. The van der Waals surface area contributed by atoms with Crippen LogP contribution in [0.4, 0.5) is 0 Å². The molecule has 4 N–H and O–H groups in total. The van der Waals surface area contributed by atoms with Crippen LogP contribution in [0.1, 0.15) is 38.0 Å². The molecule has 5 nitrogen and oxygen atoms in total. The topological polar surface area (TPSA) is 99.1 Å². The molecule has 2 atom stereocenters. The van der Waals surface area contributed by atoms with Crippen LogP contribution in [-0.4, -0.2) is 23.6 Å². The van der Waals surface area contributed by atoms with Crippen molar-refractivity contribution in [1.29, 1.82) is 5.26 Å². The fraction of sp³-hybridized carbons (Fsp3) is 0.467. The van der Waals surface area contributed by atoms with Crippen LogP contribution in [-0.2, 0) is 4.79 Å². The van der Waals surface area contributed by atoms with Crippen LogP contribution in [0.3, 0.4) is 0 Å². The van der Waals surface area contributed by atoms with E-state index in [-0.39, 0.29) is 12.0 Å². The molecule has 0 heterocycles. The molecule has 0 bridgehead atoms. The van der Waals surface area contributed by atoms with Crippen molar-refractivity contribution >= 4 is 5.91 Å². The number of amides is 1. The van der Waals surface area contributed by atoms with Gasteiger partial charge in [0, 0.05) is 6.54 Å². The fourth-order valence-corrected chi connectivity index (χ4v) is 1.96. The van der Waals surface area contributed by atoms with Crippen LogP contribution in [0.2, 0.25) is 0 Å². The highest BCUT2D eigenvalue weighted by Crippen LogP contribution is 2.20. The van der Waals surface area contributed by atoms with Crippen molar-refractivity contribution in [1.82, 2.24) is 5.32 Å². The Balaban J connectivity index is 2.68. The monoisotopic (exact) mass is 275 g/mol. The summed E-state index contributed by atoms with van der Waals surface area (Å²) >= 11 is 0. The van der Waals surface area contributed by atoms with Crippen molar-refractivity contribution < 1.29 is 9.90 Å². The second kappa shape index (κ2) is 6.51. The van der Waals surface area contributed by atoms with Crippen LogP contribution in [0.15, 0.2) is 24.3 Å². The smallest absolute Gasteiger partial charge is 0.235 e. The Morgan fingerprint density at radius 2 is 1.95 bits per heavy atom. The molecular weight excluding hydrogens is 254 g/mol. The average molecular weight is 275 g/mol. The summed E-state index contributed by atoms with van der Waals surface area (Å²) in [5.74, 6) is -0.440. The SMILES string of the molecule is CC(C)(C)[C@H](NCC(O)c1ccc(C#N)cc1)C(N)=O. The number of rotatable bonds is 5. The number of hydrogen-bond acceptors (Lipinski definition) is 4. The van der Waals surface area contributed by atoms with E-state index < -0.39 is 18.1 Å². The maximum atomic E-state index is 11.4. The summed E-state index contributed by atoms with van der Waals surface area (Å²) in [4.78, 5) is 11.4. The van der Waals surface area contributed by atoms with E-state index in [1.807, 2.05) is 26.8 Å². The van der Waals surface area contributed by atoms with Crippen LogP contribution in [0.5, 0.6) is 0 Å². The highest BCUT2D eigenvalue weighted by atomic mass is 16.3. The van der Waals surface area contributed by atoms with E-state index >= 15 is 0 Å². The van der Waals surface area contributed by atoms with Crippen molar-refractivity contribution in [3.8, 4) is 6.07 Å². The average Bonchev–Trinajstić information content (AvgIpc) is 2.36. The van der Waals surface area contributed by atoms with Gasteiger partial charge in [-0.2, -0.15) is 5.26 Å². The predicted molar refractivity (Wildman–Crippen MR) is 76.6 cm³/mol. The minimum Gasteiger partial charge on any atom is -0.387 e. The number of primary amides is 1. The summed E-state index contributed by atoms with van der Waals surface area (Å²) in [5.41, 5.74) is 6.27. The number of benzene rings is 1. The van der Waals surface area contributed by atoms with Gasteiger partial charge in [0.2, 0.25) is 5.91 Å². The molecule has 1 amide bonds. The van der Waals surface area contributed by atoms with E-state index in [0.717, 1.165) is 0 Å². The van der Waals surface area contributed by atoms with Gasteiger partial charge in [-0.15, -0.1) is 0 Å². The number of aliphatic hydroxyl groups is 1. The maximum Gasteiger partial charge on any atom is 0.235 e. The molecule has 1 rings (SSSR count). The van der Waals surface area contributed by atoms with Gasteiger partial charge in [0.15, 0.2) is 0 Å². The molecule has 0 saturated heterocycles. The minimum absolute atomic E-state index is 0.219. The maximum absolute atomic E-state index is 11.4. The summed E-state index contributed by atoms with van der Waals surface area (Å²) in [6.45, 7) is 5.94. The first-order valence-corrected chi connectivity index (χ1v) is 6.46. The van der Waals surface area contributed by atoms with Crippen molar-refractivity contribution in [2.75, 3.05) is 6.54 Å². The lowest BCUT2D eigenvalue weighted by Crippen LogP contribution is -2.50. The van der Waals surface area contributed by atoms with Crippen molar-refractivity contribution in [3.63, 3.8) is 0 Å². The zero-order chi connectivity index (χ0) is 15.3. The number of nitrogens with two attached hydrogens (primary N) is 1. The van der Waals surface area contributed by atoms with Gasteiger partial charge in [0.05, 0.1) is 23.8 Å². The lowest BCUT2D eigenvalue weighted by Gasteiger charge is -2.29. The second-order valence-corrected chi connectivity index (χ2v) is 5.86. The number of carbonyl (C=O) groups is 1. The van der Waals surface area contributed by atoms with Gasteiger partial charge in [-0.3, -0.25) is 4.79 Å². The predicted octanol–water partition coefficient (Wildman–Crippen LogP) is 1.08. The normalized spacial score (nSPS) is 14.3. The summed E-state index contributed by atoms with van der Waals surface area (Å²) in [6, 6.07) is 8.19. The first kappa shape index (κ1) is 16.2. The quantitative estimate of drug-likeness (QED) is 0.748. The van der Waals surface area contributed by atoms with Crippen LogP contribution in [0.25, 0.3) is 0 Å². The molecule has 1 aromatic carbocycles. The number of hydrogen-bond donors (Lipinski definition) is 3. The number of nitrogens with zero attached hydrogens (tertiary/aromatic N) is 1. The molecule has 0 fully saturated rings. The van der Waals surface area contributed by atoms with E-state index in [1.165, 1.54) is 0 Å². The highest BCUT2D eigenvalue weighted by molar-refractivity contribution is 5.80. The van der Waals surface area contributed by atoms with Crippen molar-refractivity contribution in [2.24, 2.45) is 11.1 Å². The number of nitriles is 1. The Morgan fingerprint density at radius 3 is 2.35 bits per heavy atom. The largest absolute Gasteiger partial charge is 0.387 e. The summed E-state index contributed by atoms with van der Waals surface area (Å²) in [5, 5.41) is 21.8. The Kier molecular flexibility index (Phi) is 5.26. The van der Waals surface area contributed by atoms with E-state index in [1.54, 1.807) is 24.3 Å². The van der Waals surface area contributed by atoms with Crippen LogP contribution < -0.4 is 11.1 Å². The zero-order valence-electron chi connectivity index (χ0n) is 12.1. The summed E-state index contributed by atoms with van der Waals surface area (Å²) < 4.78 is 0. The third kappa shape index (κ3) is 4.34. The van der Waals surface area contributed by atoms with Gasteiger partial charge in [0.25, 0.3) is 0 Å². The molecule has 0 radical (unpaired) electrons. The second-order valence-electron chi connectivity index (χ2n) is 5.86. The summed E-state index contributed by atoms with van der Waals surface area (Å²) in [7, 11) is 0. The first-order chi connectivity index (χ1) is 9.25. The van der Waals surface area contributed by atoms with Crippen molar-refractivity contribution in [2.45, 2.75) is 32.9 Å². The molecule has 20 heavy (non-hydrogen) atoms. The molecule has 1 unspecified atom stereocenters. The number of aliphatic hydroxyl groups excluding tert-OH is 1. The van der Waals surface area contributed by atoms with Gasteiger partial charge >= 0.3 is 0 Å². The van der Waals surface area contributed by atoms with Gasteiger partial charge < -0.3 is 16.2 Å². The Bertz CT molecular complexity index is 497. The van der Waals surface area contributed by atoms with Gasteiger partial charge in [-0.1, -0.05) is 32.9 Å². The van der Waals surface area contributed by atoms with Crippen LogP contribution >= 0.6 is 0 Å². The van der Waals surface area contributed by atoms with Crippen LogP contribution in [0, 0.1) is 16.7 Å². The van der Waals surface area contributed by atoms with E-state index in [2.05, 4.69) is 5.32 Å². The van der Waals surface area contributed by atoms with Gasteiger partial charge in [-0.05, 0) is 23.1 Å². The van der Waals surface area contributed by atoms with E-state index in [4.69, 9.17) is 11.0 Å². The Labute approximate surface area is 119 Å². The number of nitrogens with one attached hydrogen (secondary N) is 1. The summed E-state index contributed by atoms with van der Waals surface area (Å²) in [6.07, 6.45) is -0.757. The third-order valence-corrected chi connectivity index (χ3v) is 3.09. The molecular formula is C15H21N3O2. The minimum atomic E-state index is -0.757. The molecule has 5 heteroatoms. The molecule has 108 valence electrons. The standard InChI is InChI=1S/C15H21N3O2/c1-15(2,3)13(14(17)20)18-9-12(19)11-6-4-10(8-16)5-7-11/h4-7,12-13,18-19H,9H2,1-3H3,(H2,17,20)/t12?,13-/m1/s1. The molecule has 0 aliphatic heterocycles. The molecule has 0 aliphatic carbocycles. The lowest BCUT2D eigenvalue weighted by molar-refractivity contribution is -0.122. The fourth-order valence-electron chi connectivity index (χ4n) is 1.96. The third-order valence-electron chi connectivity index (χ3n) is 3.09. The first-order valence-electron chi connectivity index (χ1n) is 6.46. The van der Waals surface area contributed by atoms with E-state index in [9.17, 15) is 9.90 Å². The molecule has 1 aromatic rings. The highest BCUT2D eigenvalue weighted by Gasteiger charge is 2.29. The number of carbonyl (C=O) groups excluding carboxylic acids is 1. The van der Waals surface area contributed by atoms with Gasteiger partial charge in [-0.25, -0.2) is 0 Å². The zero-order valence-corrected chi connectivity index (χ0v) is 12.1. The molecule has 0 spiro atoms. The molecule has 0 aromatic heterocycles.